The Morgan fingerprint density at radius 1 is 1.09 bits per heavy atom. The lowest BCUT2D eigenvalue weighted by atomic mass is 9.62. The van der Waals surface area contributed by atoms with Crippen molar-refractivity contribution in [2.75, 3.05) is 6.79 Å². The zero-order chi connectivity index (χ0) is 16.8. The van der Waals surface area contributed by atoms with E-state index in [0.717, 1.165) is 29.9 Å². The van der Waals surface area contributed by atoms with Crippen LogP contribution in [0.5, 0.6) is 11.5 Å². The van der Waals surface area contributed by atoms with Crippen LogP contribution >= 0.6 is 0 Å². The minimum Gasteiger partial charge on any atom is -0.454 e. The van der Waals surface area contributed by atoms with E-state index in [1.165, 1.54) is 0 Å². The molecule has 2 aliphatic rings. The highest BCUT2D eigenvalue weighted by Crippen LogP contribution is 2.45. The number of rotatable bonds is 3. The predicted octanol–water partition coefficient (Wildman–Crippen LogP) is 5.02. The molecule has 3 heteroatoms. The highest BCUT2D eigenvalue weighted by atomic mass is 16.7. The molecule has 0 radical (unpaired) electrons. The van der Waals surface area contributed by atoms with Crippen LogP contribution < -0.4 is 9.47 Å². The van der Waals surface area contributed by atoms with E-state index < -0.39 is 0 Å². The molecule has 0 bridgehead atoms. The summed E-state index contributed by atoms with van der Waals surface area (Å²) in [6.07, 6.45) is 2.56. The Bertz CT molecular complexity index is 483. The molecule has 1 aromatic rings. The van der Waals surface area contributed by atoms with E-state index in [4.69, 9.17) is 9.47 Å². The van der Waals surface area contributed by atoms with Crippen molar-refractivity contribution in [2.24, 2.45) is 11.3 Å². The van der Waals surface area contributed by atoms with Crippen LogP contribution in [-0.4, -0.2) is 12.6 Å². The van der Waals surface area contributed by atoms with Gasteiger partial charge in [-0.3, -0.25) is 4.79 Å². The third-order valence-corrected chi connectivity index (χ3v) is 3.87. The van der Waals surface area contributed by atoms with Gasteiger partial charge in [-0.15, -0.1) is 0 Å². The summed E-state index contributed by atoms with van der Waals surface area (Å²) in [4.78, 5) is 12.1. The van der Waals surface area contributed by atoms with Crippen LogP contribution in [0.4, 0.5) is 0 Å². The molecule has 3 rings (SSSR count). The molecule has 0 aromatic heterocycles. The fourth-order valence-corrected chi connectivity index (χ4v) is 2.90. The predicted molar refractivity (Wildman–Crippen MR) is 90.5 cm³/mol. The first-order chi connectivity index (χ1) is 10.5. The van der Waals surface area contributed by atoms with Gasteiger partial charge in [-0.2, -0.15) is 0 Å². The van der Waals surface area contributed by atoms with E-state index >= 15 is 0 Å². The molecule has 124 valence electrons. The molecule has 0 spiro atoms. The molecule has 1 aromatic carbocycles. The second-order valence-electron chi connectivity index (χ2n) is 6.10. The van der Waals surface area contributed by atoms with Crippen molar-refractivity contribution in [1.29, 1.82) is 0 Å². The summed E-state index contributed by atoms with van der Waals surface area (Å²) < 4.78 is 10.6. The van der Waals surface area contributed by atoms with Crippen molar-refractivity contribution in [2.45, 2.75) is 60.8 Å². The summed E-state index contributed by atoms with van der Waals surface area (Å²) in [5.41, 5.74) is 1.38. The Hall–Kier alpha value is -1.51. The molecular formula is C19H30O3. The van der Waals surface area contributed by atoms with Crippen LogP contribution in [0.2, 0.25) is 0 Å². The molecule has 0 N–H and O–H groups in total. The van der Waals surface area contributed by atoms with Gasteiger partial charge in [-0.05, 0) is 36.0 Å². The van der Waals surface area contributed by atoms with Crippen LogP contribution in [0.3, 0.4) is 0 Å². The normalized spacial score (nSPS) is 17.4. The average Bonchev–Trinajstić information content (AvgIpc) is 2.96. The molecule has 1 aliphatic heterocycles. The van der Waals surface area contributed by atoms with Crippen LogP contribution in [0.25, 0.3) is 0 Å². The number of fused-ring (bicyclic) bond motifs is 1. The van der Waals surface area contributed by atoms with E-state index in [0.29, 0.717) is 17.6 Å². The SMILES string of the molecule is CC.CC.CC1(C)CC(C(=O)Cc2ccc3c(c2)OCO3)C1. The lowest BCUT2D eigenvalue weighted by molar-refractivity contribution is -0.128. The largest absolute Gasteiger partial charge is 0.454 e. The smallest absolute Gasteiger partial charge is 0.231 e. The maximum absolute atomic E-state index is 12.1. The number of carbonyl (C=O) groups excluding carboxylic acids is 1. The summed E-state index contributed by atoms with van der Waals surface area (Å²) in [5.74, 6) is 2.14. The number of carbonyl (C=O) groups is 1. The van der Waals surface area contributed by atoms with E-state index in [-0.39, 0.29) is 12.7 Å². The molecule has 1 aliphatic carbocycles. The fraction of sp³-hybridized carbons (Fsp3) is 0.632. The first-order valence-corrected chi connectivity index (χ1v) is 8.45. The number of ether oxygens (including phenoxy) is 2. The Balaban J connectivity index is 0.000000561. The lowest BCUT2D eigenvalue weighted by Gasteiger charge is -2.41. The van der Waals surface area contributed by atoms with Crippen LogP contribution in [-0.2, 0) is 11.2 Å². The number of Topliss-reactive ketones (excluding diaryl/α,β-unsaturated/α-hetero) is 1. The van der Waals surface area contributed by atoms with Crippen LogP contribution in [0, 0.1) is 11.3 Å². The fourth-order valence-electron chi connectivity index (χ4n) is 2.90. The quantitative estimate of drug-likeness (QED) is 0.787. The van der Waals surface area contributed by atoms with Crippen LogP contribution in [0.1, 0.15) is 59.9 Å². The van der Waals surface area contributed by atoms with Crippen molar-refractivity contribution in [3.05, 3.63) is 23.8 Å². The van der Waals surface area contributed by atoms with Crippen molar-refractivity contribution in [3.8, 4) is 11.5 Å². The second-order valence-corrected chi connectivity index (χ2v) is 6.10. The molecule has 1 heterocycles. The Labute approximate surface area is 135 Å². The molecule has 0 atom stereocenters. The molecular weight excluding hydrogens is 276 g/mol. The summed E-state index contributed by atoms with van der Waals surface area (Å²) >= 11 is 0. The number of ketones is 1. The highest BCUT2D eigenvalue weighted by molar-refractivity contribution is 5.84. The number of benzene rings is 1. The summed E-state index contributed by atoms with van der Waals surface area (Å²) in [6.45, 7) is 12.7. The van der Waals surface area contributed by atoms with Gasteiger partial charge in [0.25, 0.3) is 0 Å². The van der Waals surface area contributed by atoms with Gasteiger partial charge in [0.1, 0.15) is 5.78 Å². The maximum atomic E-state index is 12.1. The van der Waals surface area contributed by atoms with Gasteiger partial charge >= 0.3 is 0 Å². The van der Waals surface area contributed by atoms with Gasteiger partial charge in [-0.25, -0.2) is 0 Å². The minimum atomic E-state index is 0.255. The standard InChI is InChI=1S/C15H18O3.2C2H6/c1-15(2)7-11(8-15)12(16)5-10-3-4-13-14(6-10)18-9-17-13;2*1-2/h3-4,6,11H,5,7-9H2,1-2H3;2*1-2H3. The first-order valence-electron chi connectivity index (χ1n) is 8.45. The van der Waals surface area contributed by atoms with Gasteiger partial charge in [0.15, 0.2) is 11.5 Å². The zero-order valence-corrected chi connectivity index (χ0v) is 14.9. The van der Waals surface area contributed by atoms with Gasteiger partial charge in [0.05, 0.1) is 0 Å². The monoisotopic (exact) mass is 306 g/mol. The number of hydrogen-bond acceptors (Lipinski definition) is 3. The molecule has 3 nitrogen and oxygen atoms in total. The van der Waals surface area contributed by atoms with Crippen molar-refractivity contribution < 1.29 is 14.3 Å². The Morgan fingerprint density at radius 3 is 2.27 bits per heavy atom. The third kappa shape index (κ3) is 4.49. The van der Waals surface area contributed by atoms with Gasteiger partial charge in [-0.1, -0.05) is 47.6 Å². The molecule has 1 saturated carbocycles. The lowest BCUT2D eigenvalue weighted by Crippen LogP contribution is -2.37. The van der Waals surface area contributed by atoms with E-state index in [9.17, 15) is 4.79 Å². The van der Waals surface area contributed by atoms with Crippen molar-refractivity contribution in [3.63, 3.8) is 0 Å². The molecule has 0 saturated heterocycles. The molecule has 0 amide bonds. The van der Waals surface area contributed by atoms with Crippen molar-refractivity contribution >= 4 is 5.78 Å². The Kier molecular flexibility index (Phi) is 6.92. The molecule has 22 heavy (non-hydrogen) atoms. The van der Waals surface area contributed by atoms with E-state index in [1.807, 2.05) is 45.9 Å². The molecule has 1 fully saturated rings. The summed E-state index contributed by atoms with van der Waals surface area (Å²) in [5, 5.41) is 0. The van der Waals surface area contributed by atoms with Gasteiger partial charge < -0.3 is 9.47 Å². The summed E-state index contributed by atoms with van der Waals surface area (Å²) in [7, 11) is 0. The number of hydrogen-bond donors (Lipinski definition) is 0. The maximum Gasteiger partial charge on any atom is 0.231 e. The van der Waals surface area contributed by atoms with Gasteiger partial charge in [0.2, 0.25) is 6.79 Å². The first kappa shape index (κ1) is 18.5. The topological polar surface area (TPSA) is 35.5 Å². The van der Waals surface area contributed by atoms with E-state index in [1.54, 1.807) is 0 Å². The van der Waals surface area contributed by atoms with E-state index in [2.05, 4.69) is 13.8 Å². The zero-order valence-electron chi connectivity index (χ0n) is 14.9. The third-order valence-electron chi connectivity index (χ3n) is 3.87. The van der Waals surface area contributed by atoms with Gasteiger partial charge in [0, 0.05) is 12.3 Å². The Morgan fingerprint density at radius 2 is 1.68 bits per heavy atom. The second kappa shape index (κ2) is 8.21. The van der Waals surface area contributed by atoms with Crippen LogP contribution in [0.15, 0.2) is 18.2 Å². The van der Waals surface area contributed by atoms with Crippen molar-refractivity contribution in [1.82, 2.24) is 0 Å². The molecule has 0 unspecified atom stereocenters. The average molecular weight is 306 g/mol. The highest BCUT2D eigenvalue weighted by Gasteiger charge is 2.39. The minimum absolute atomic E-state index is 0.255. The summed E-state index contributed by atoms with van der Waals surface area (Å²) in [6, 6.07) is 5.76.